The van der Waals surface area contributed by atoms with Gasteiger partial charge in [0.2, 0.25) is 0 Å². The van der Waals surface area contributed by atoms with E-state index in [4.69, 9.17) is 14.9 Å². The zero-order chi connectivity index (χ0) is 7.28. The molecule has 2 N–H and O–H groups in total. The van der Waals surface area contributed by atoms with Crippen molar-refractivity contribution in [1.82, 2.24) is 0 Å². The van der Waals surface area contributed by atoms with Crippen LogP contribution in [-0.2, 0) is 4.74 Å². The Morgan fingerprint density at radius 3 is 2.44 bits per heavy atom. The quantitative estimate of drug-likeness (QED) is 0.558. The maximum atomic E-state index is 9.03. The lowest BCUT2D eigenvalue weighted by molar-refractivity contribution is -0.0113. The molecule has 0 saturated carbocycles. The van der Waals surface area contributed by atoms with Crippen molar-refractivity contribution in [2.75, 3.05) is 13.7 Å². The standard InChI is InChI=1S/C6H14O3/c1-5(9-2)6(8)3-4-7/h5-8H,3-4H2,1-2H3. The molecule has 0 aromatic heterocycles. The summed E-state index contributed by atoms with van der Waals surface area (Å²) in [7, 11) is 1.53. The lowest BCUT2D eigenvalue weighted by Crippen LogP contribution is -2.25. The number of methoxy groups -OCH3 is 1. The summed E-state index contributed by atoms with van der Waals surface area (Å²) in [6, 6.07) is 0. The maximum absolute atomic E-state index is 9.03. The third kappa shape index (κ3) is 3.46. The molecule has 0 aliphatic rings. The third-order valence-electron chi connectivity index (χ3n) is 1.34. The molecule has 0 amide bonds. The zero-order valence-electron chi connectivity index (χ0n) is 5.87. The van der Waals surface area contributed by atoms with Crippen LogP contribution in [0.4, 0.5) is 0 Å². The maximum Gasteiger partial charge on any atom is 0.0820 e. The molecule has 2 unspecified atom stereocenters. The monoisotopic (exact) mass is 134 g/mol. The molecule has 0 fully saturated rings. The molecule has 0 aromatic carbocycles. The fourth-order valence-corrected chi connectivity index (χ4v) is 0.524. The number of hydrogen-bond donors (Lipinski definition) is 2. The van der Waals surface area contributed by atoms with Gasteiger partial charge in [-0.15, -0.1) is 0 Å². The first kappa shape index (κ1) is 8.88. The van der Waals surface area contributed by atoms with Gasteiger partial charge in [0, 0.05) is 13.7 Å². The molecule has 0 radical (unpaired) electrons. The highest BCUT2D eigenvalue weighted by Gasteiger charge is 2.11. The Bertz CT molecular complexity index is 65.3. The summed E-state index contributed by atoms with van der Waals surface area (Å²) in [4.78, 5) is 0. The van der Waals surface area contributed by atoms with Crippen LogP contribution < -0.4 is 0 Å². The molecule has 3 heteroatoms. The largest absolute Gasteiger partial charge is 0.396 e. The number of rotatable bonds is 4. The van der Waals surface area contributed by atoms with E-state index in [1.165, 1.54) is 7.11 Å². The van der Waals surface area contributed by atoms with Crippen molar-refractivity contribution in [3.8, 4) is 0 Å². The van der Waals surface area contributed by atoms with Gasteiger partial charge in [-0.05, 0) is 13.3 Å². The Balaban J connectivity index is 3.32. The predicted molar refractivity (Wildman–Crippen MR) is 34.2 cm³/mol. The first-order chi connectivity index (χ1) is 4.22. The van der Waals surface area contributed by atoms with Gasteiger partial charge in [-0.3, -0.25) is 0 Å². The number of ether oxygens (including phenoxy) is 1. The van der Waals surface area contributed by atoms with Crippen LogP contribution in [0.5, 0.6) is 0 Å². The molecule has 3 nitrogen and oxygen atoms in total. The van der Waals surface area contributed by atoms with E-state index in [-0.39, 0.29) is 12.7 Å². The van der Waals surface area contributed by atoms with Gasteiger partial charge in [0.15, 0.2) is 0 Å². The van der Waals surface area contributed by atoms with E-state index in [1.54, 1.807) is 6.92 Å². The van der Waals surface area contributed by atoms with Crippen LogP contribution in [-0.4, -0.2) is 36.1 Å². The van der Waals surface area contributed by atoms with Gasteiger partial charge in [0.25, 0.3) is 0 Å². The van der Waals surface area contributed by atoms with E-state index in [1.807, 2.05) is 0 Å². The Labute approximate surface area is 55.3 Å². The average molecular weight is 134 g/mol. The first-order valence-corrected chi connectivity index (χ1v) is 3.04. The van der Waals surface area contributed by atoms with Crippen LogP contribution in [0.25, 0.3) is 0 Å². The van der Waals surface area contributed by atoms with Crippen LogP contribution in [0.1, 0.15) is 13.3 Å². The Morgan fingerprint density at radius 2 is 2.11 bits per heavy atom. The van der Waals surface area contributed by atoms with Gasteiger partial charge < -0.3 is 14.9 Å². The van der Waals surface area contributed by atoms with Gasteiger partial charge in [-0.2, -0.15) is 0 Å². The minimum absolute atomic E-state index is 0.00880. The van der Waals surface area contributed by atoms with Crippen LogP contribution >= 0.6 is 0 Å². The van der Waals surface area contributed by atoms with Gasteiger partial charge in [0.05, 0.1) is 12.2 Å². The molecular weight excluding hydrogens is 120 g/mol. The van der Waals surface area contributed by atoms with Gasteiger partial charge in [-0.25, -0.2) is 0 Å². The predicted octanol–water partition coefficient (Wildman–Crippen LogP) is -0.235. The fourth-order valence-electron chi connectivity index (χ4n) is 0.524. The van der Waals surface area contributed by atoms with Crippen molar-refractivity contribution in [3.63, 3.8) is 0 Å². The molecule has 0 spiro atoms. The number of aliphatic hydroxyl groups is 2. The summed E-state index contributed by atoms with van der Waals surface area (Å²) in [6.45, 7) is 1.77. The molecule has 2 atom stereocenters. The summed E-state index contributed by atoms with van der Waals surface area (Å²) < 4.78 is 4.80. The smallest absolute Gasteiger partial charge is 0.0820 e. The highest BCUT2D eigenvalue weighted by Crippen LogP contribution is 1.99. The third-order valence-corrected chi connectivity index (χ3v) is 1.34. The van der Waals surface area contributed by atoms with Crippen LogP contribution in [0.15, 0.2) is 0 Å². The van der Waals surface area contributed by atoms with E-state index in [2.05, 4.69) is 0 Å². The minimum atomic E-state index is -0.542. The summed E-state index contributed by atoms with van der Waals surface area (Å²) in [5, 5.41) is 17.4. The highest BCUT2D eigenvalue weighted by molar-refractivity contribution is 4.61. The summed E-state index contributed by atoms with van der Waals surface area (Å²) in [5.74, 6) is 0. The van der Waals surface area contributed by atoms with Crippen molar-refractivity contribution < 1.29 is 14.9 Å². The molecule has 56 valence electrons. The van der Waals surface area contributed by atoms with E-state index in [0.717, 1.165) is 0 Å². The van der Waals surface area contributed by atoms with E-state index in [0.29, 0.717) is 6.42 Å². The highest BCUT2D eigenvalue weighted by atomic mass is 16.5. The Kier molecular flexibility index (Phi) is 4.67. The van der Waals surface area contributed by atoms with Crippen molar-refractivity contribution in [1.29, 1.82) is 0 Å². The zero-order valence-corrected chi connectivity index (χ0v) is 5.87. The molecule has 0 rings (SSSR count). The number of aliphatic hydroxyl groups excluding tert-OH is 2. The van der Waals surface area contributed by atoms with Crippen molar-refractivity contribution >= 4 is 0 Å². The normalized spacial score (nSPS) is 17.3. The second-order valence-corrected chi connectivity index (χ2v) is 2.02. The molecule has 0 heterocycles. The molecule has 0 bridgehead atoms. The first-order valence-electron chi connectivity index (χ1n) is 3.04. The minimum Gasteiger partial charge on any atom is -0.396 e. The lowest BCUT2D eigenvalue weighted by Gasteiger charge is -2.15. The van der Waals surface area contributed by atoms with Gasteiger partial charge in [-0.1, -0.05) is 0 Å². The molecular formula is C6H14O3. The topological polar surface area (TPSA) is 49.7 Å². The number of hydrogen-bond acceptors (Lipinski definition) is 3. The van der Waals surface area contributed by atoms with E-state index >= 15 is 0 Å². The van der Waals surface area contributed by atoms with Crippen molar-refractivity contribution in [2.24, 2.45) is 0 Å². The van der Waals surface area contributed by atoms with Gasteiger partial charge >= 0.3 is 0 Å². The molecule has 0 saturated heterocycles. The van der Waals surface area contributed by atoms with Crippen molar-refractivity contribution in [3.05, 3.63) is 0 Å². The second-order valence-electron chi connectivity index (χ2n) is 2.02. The van der Waals surface area contributed by atoms with Crippen LogP contribution in [0.3, 0.4) is 0 Å². The van der Waals surface area contributed by atoms with Gasteiger partial charge in [0.1, 0.15) is 0 Å². The van der Waals surface area contributed by atoms with E-state index < -0.39 is 6.10 Å². The SMILES string of the molecule is COC(C)C(O)CCO. The van der Waals surface area contributed by atoms with Crippen LogP contribution in [0, 0.1) is 0 Å². The Hall–Kier alpha value is -0.120. The lowest BCUT2D eigenvalue weighted by atomic mass is 10.2. The van der Waals surface area contributed by atoms with Crippen molar-refractivity contribution in [2.45, 2.75) is 25.6 Å². The summed E-state index contributed by atoms with van der Waals surface area (Å²) >= 11 is 0. The molecule has 9 heavy (non-hydrogen) atoms. The summed E-state index contributed by atoms with van der Waals surface area (Å²) in [5.41, 5.74) is 0. The second kappa shape index (κ2) is 4.73. The Morgan fingerprint density at radius 1 is 1.56 bits per heavy atom. The molecule has 0 aromatic rings. The fraction of sp³-hybridized carbons (Fsp3) is 1.00. The molecule has 0 aliphatic heterocycles. The summed E-state index contributed by atoms with van der Waals surface area (Å²) in [6.07, 6.45) is -0.341. The molecule has 0 aliphatic carbocycles. The van der Waals surface area contributed by atoms with E-state index in [9.17, 15) is 0 Å². The van der Waals surface area contributed by atoms with Crippen LogP contribution in [0.2, 0.25) is 0 Å². The average Bonchev–Trinajstić information content (AvgIpc) is 1.87.